The van der Waals surface area contributed by atoms with Gasteiger partial charge in [0.1, 0.15) is 0 Å². The third-order valence-corrected chi connectivity index (χ3v) is 12.5. The van der Waals surface area contributed by atoms with E-state index in [9.17, 15) is 0 Å². The van der Waals surface area contributed by atoms with Gasteiger partial charge in [-0.05, 0) is 0 Å². The van der Waals surface area contributed by atoms with Crippen LogP contribution in [0.1, 0.15) is 43.4 Å². The SMILES string of the molecule is CC(O[Si](C)(C)C)C1(C)C2=Cc3ccccc3[CH]2[Zr+2][CH]2C1=Cc1ccccc12.[Cl-].[Cl-]. The minimum Gasteiger partial charge on any atom is -1.00 e. The summed E-state index contributed by atoms with van der Waals surface area (Å²) in [7, 11) is -1.64. The Balaban J connectivity index is 0.00000128. The number of fused-ring (bicyclic) bond motifs is 6. The summed E-state index contributed by atoms with van der Waals surface area (Å²) in [6.07, 6.45) is 5.24. The molecule has 5 rings (SSSR count). The van der Waals surface area contributed by atoms with E-state index >= 15 is 0 Å². The number of hydrogen-bond acceptors (Lipinski definition) is 1. The van der Waals surface area contributed by atoms with Gasteiger partial charge in [0.2, 0.25) is 0 Å². The van der Waals surface area contributed by atoms with Crippen LogP contribution >= 0.6 is 0 Å². The summed E-state index contributed by atoms with van der Waals surface area (Å²) in [4.78, 5) is 0. The van der Waals surface area contributed by atoms with Crippen molar-refractivity contribution in [3.05, 3.63) is 81.9 Å². The topological polar surface area (TPSA) is 9.23 Å². The van der Waals surface area contributed by atoms with Crippen LogP contribution in [0.2, 0.25) is 19.6 Å². The Kier molecular flexibility index (Phi) is 6.85. The molecule has 0 radical (unpaired) electrons. The molecule has 1 fully saturated rings. The molecule has 2 aromatic carbocycles. The van der Waals surface area contributed by atoms with Crippen molar-refractivity contribution in [2.45, 2.75) is 46.8 Å². The Morgan fingerprint density at radius 1 is 0.833 bits per heavy atom. The second-order valence-electron chi connectivity index (χ2n) is 9.56. The molecule has 1 heterocycles. The maximum absolute atomic E-state index is 6.77. The van der Waals surface area contributed by atoms with Gasteiger partial charge in [-0.15, -0.1) is 0 Å². The van der Waals surface area contributed by atoms with Gasteiger partial charge in [-0.3, -0.25) is 0 Å². The fourth-order valence-electron chi connectivity index (χ4n) is 5.36. The van der Waals surface area contributed by atoms with Crippen molar-refractivity contribution in [3.63, 3.8) is 0 Å². The maximum atomic E-state index is 6.77. The van der Waals surface area contributed by atoms with Crippen LogP contribution in [-0.2, 0) is 27.7 Å². The Hall–Kier alpha value is -0.440. The van der Waals surface area contributed by atoms with E-state index in [4.69, 9.17) is 4.43 Å². The van der Waals surface area contributed by atoms with Gasteiger partial charge in [0, 0.05) is 0 Å². The van der Waals surface area contributed by atoms with Gasteiger partial charge >= 0.3 is 182 Å². The van der Waals surface area contributed by atoms with E-state index in [-0.39, 0.29) is 36.3 Å². The summed E-state index contributed by atoms with van der Waals surface area (Å²) in [5.41, 5.74) is 9.32. The van der Waals surface area contributed by atoms with Gasteiger partial charge < -0.3 is 24.8 Å². The molecule has 30 heavy (non-hydrogen) atoms. The van der Waals surface area contributed by atoms with Crippen molar-refractivity contribution in [2.75, 3.05) is 0 Å². The summed E-state index contributed by atoms with van der Waals surface area (Å²) in [6.45, 7) is 11.8. The third kappa shape index (κ3) is 3.69. The van der Waals surface area contributed by atoms with E-state index in [1.54, 1.807) is 22.3 Å². The molecular formula is C25H28Cl2OSiZr. The number of halogens is 2. The molecule has 3 aliphatic rings. The maximum Gasteiger partial charge on any atom is -1.00 e. The Morgan fingerprint density at radius 3 is 1.70 bits per heavy atom. The van der Waals surface area contributed by atoms with Crippen molar-refractivity contribution in [2.24, 2.45) is 5.41 Å². The minimum atomic E-state index is -1.64. The van der Waals surface area contributed by atoms with E-state index in [0.717, 1.165) is 0 Å². The zero-order chi connectivity index (χ0) is 19.7. The van der Waals surface area contributed by atoms with E-state index in [0.29, 0.717) is 7.25 Å². The van der Waals surface area contributed by atoms with Crippen LogP contribution in [0.15, 0.2) is 59.7 Å². The van der Waals surface area contributed by atoms with Gasteiger partial charge in [0.25, 0.3) is 0 Å². The molecule has 2 aromatic rings. The molecule has 0 amide bonds. The number of hydrogen-bond donors (Lipinski definition) is 0. The second kappa shape index (κ2) is 8.49. The zero-order valence-electron chi connectivity index (χ0n) is 18.2. The first-order chi connectivity index (χ1) is 13.3. The van der Waals surface area contributed by atoms with E-state index < -0.39 is 31.6 Å². The molecule has 0 spiro atoms. The van der Waals surface area contributed by atoms with Crippen LogP contribution in [0.3, 0.4) is 0 Å². The Bertz CT molecular complexity index is 956. The van der Waals surface area contributed by atoms with Crippen LogP contribution in [0.5, 0.6) is 0 Å². The van der Waals surface area contributed by atoms with E-state index in [1.165, 1.54) is 11.1 Å². The van der Waals surface area contributed by atoms with Crippen molar-refractivity contribution < 1.29 is 52.5 Å². The summed E-state index contributed by atoms with van der Waals surface area (Å²) >= 11 is -0.723. The molecule has 3 atom stereocenters. The number of benzene rings is 2. The molecule has 0 saturated carbocycles. The van der Waals surface area contributed by atoms with Crippen LogP contribution in [0, 0.1) is 5.41 Å². The molecule has 1 aliphatic heterocycles. The third-order valence-electron chi connectivity index (χ3n) is 6.73. The monoisotopic (exact) mass is 532 g/mol. The largest absolute Gasteiger partial charge is 1.00 e. The molecule has 156 valence electrons. The number of rotatable bonds is 3. The Morgan fingerprint density at radius 2 is 1.27 bits per heavy atom. The quantitative estimate of drug-likeness (QED) is 0.525. The van der Waals surface area contributed by atoms with Crippen molar-refractivity contribution in [1.29, 1.82) is 0 Å². The fraction of sp³-hybridized carbons (Fsp3) is 0.360. The first-order valence-corrected chi connectivity index (χ1v) is 16.6. The van der Waals surface area contributed by atoms with Crippen LogP contribution in [-0.4, -0.2) is 14.4 Å². The van der Waals surface area contributed by atoms with Gasteiger partial charge in [-0.2, -0.15) is 0 Å². The van der Waals surface area contributed by atoms with E-state index in [2.05, 4.69) is 94.2 Å². The van der Waals surface area contributed by atoms with Crippen molar-refractivity contribution >= 4 is 20.5 Å². The van der Waals surface area contributed by atoms with Crippen LogP contribution < -0.4 is 24.8 Å². The molecule has 2 aliphatic carbocycles. The minimum absolute atomic E-state index is 0. The van der Waals surface area contributed by atoms with Gasteiger partial charge in [-0.25, -0.2) is 0 Å². The van der Waals surface area contributed by atoms with E-state index in [1.807, 2.05) is 0 Å². The molecule has 5 heteroatoms. The smallest absolute Gasteiger partial charge is 1.00 e. The Labute approximate surface area is 205 Å². The second-order valence-corrected chi connectivity index (χ2v) is 17.7. The molecular weight excluding hydrogens is 506 g/mol. The average Bonchev–Trinajstić information content (AvgIpc) is 3.20. The first kappa shape index (κ1) is 24.2. The summed E-state index contributed by atoms with van der Waals surface area (Å²) < 4.78 is 8.11. The van der Waals surface area contributed by atoms with Gasteiger partial charge in [-0.1, -0.05) is 0 Å². The molecule has 0 aromatic heterocycles. The van der Waals surface area contributed by atoms with Crippen LogP contribution in [0.25, 0.3) is 12.2 Å². The predicted molar refractivity (Wildman–Crippen MR) is 116 cm³/mol. The molecule has 0 bridgehead atoms. The van der Waals surface area contributed by atoms with Crippen molar-refractivity contribution in [1.82, 2.24) is 0 Å². The molecule has 1 nitrogen and oxygen atoms in total. The fourth-order valence-corrected chi connectivity index (χ4v) is 12.4. The summed E-state index contributed by atoms with van der Waals surface area (Å²) in [5, 5.41) is 0. The van der Waals surface area contributed by atoms with Gasteiger partial charge in [0.15, 0.2) is 0 Å². The van der Waals surface area contributed by atoms with Gasteiger partial charge in [0.05, 0.1) is 0 Å². The van der Waals surface area contributed by atoms with Crippen LogP contribution in [0.4, 0.5) is 0 Å². The zero-order valence-corrected chi connectivity index (χ0v) is 23.1. The summed E-state index contributed by atoms with van der Waals surface area (Å²) in [5.74, 6) is 0. The molecule has 3 unspecified atom stereocenters. The first-order valence-electron chi connectivity index (χ1n) is 10.3. The average molecular weight is 535 g/mol. The molecule has 1 saturated heterocycles. The molecule has 0 N–H and O–H groups in total. The predicted octanol–water partition coefficient (Wildman–Crippen LogP) is 0.613. The normalized spacial score (nSPS) is 26.2. The standard InChI is InChI=1S/C25H28OSi.2ClH.Zr/c1-18(26-27(3,4)5)25(2,23-14-19-10-6-7-11-20(19)15-23)24-16-21-12-8-9-13-22(21)17-24;;;/h6-18H,1-5H3;2*1H;/q;;;+2/p-2. The van der Waals surface area contributed by atoms with Crippen molar-refractivity contribution in [3.8, 4) is 0 Å². The summed E-state index contributed by atoms with van der Waals surface area (Å²) in [6, 6.07) is 18.2.